The average Bonchev–Trinajstić information content (AvgIpc) is 1.85. The molecule has 1 saturated heterocycles. The Balaban J connectivity index is 2.59. The van der Waals surface area contributed by atoms with Crippen LogP contribution in [0.1, 0.15) is 53.4 Å². The first-order valence-electron chi connectivity index (χ1n) is 4.68. The van der Waals surface area contributed by atoms with E-state index in [4.69, 9.17) is 4.74 Å². The second kappa shape index (κ2) is 2.78. The van der Waals surface area contributed by atoms with Gasteiger partial charge in [-0.05, 0) is 46.5 Å². The van der Waals surface area contributed by atoms with Gasteiger partial charge in [0, 0.05) is 0 Å². The van der Waals surface area contributed by atoms with Gasteiger partial charge in [0.05, 0.1) is 11.2 Å². The van der Waals surface area contributed by atoms with Gasteiger partial charge in [0.1, 0.15) is 0 Å². The summed E-state index contributed by atoms with van der Waals surface area (Å²) in [5.41, 5.74) is 0.269. The van der Waals surface area contributed by atoms with Crippen molar-refractivity contribution in [2.75, 3.05) is 0 Å². The minimum absolute atomic E-state index is 0.114. The molecular formula is C10H20O. The van der Waals surface area contributed by atoms with E-state index in [0.29, 0.717) is 0 Å². The molecule has 1 atom stereocenters. The van der Waals surface area contributed by atoms with E-state index in [1.165, 1.54) is 19.3 Å². The van der Waals surface area contributed by atoms with Crippen molar-refractivity contribution in [2.24, 2.45) is 0 Å². The third kappa shape index (κ3) is 2.19. The molecule has 0 aromatic rings. The zero-order valence-electron chi connectivity index (χ0n) is 8.24. The van der Waals surface area contributed by atoms with E-state index in [2.05, 4.69) is 27.7 Å². The van der Waals surface area contributed by atoms with Crippen LogP contribution in [0.15, 0.2) is 0 Å². The summed E-state index contributed by atoms with van der Waals surface area (Å²) in [6.45, 7) is 8.83. The summed E-state index contributed by atoms with van der Waals surface area (Å²) in [5, 5.41) is 0. The minimum Gasteiger partial charge on any atom is -0.369 e. The minimum atomic E-state index is 0.114. The molecule has 0 spiro atoms. The van der Waals surface area contributed by atoms with E-state index in [1.54, 1.807) is 0 Å². The molecule has 11 heavy (non-hydrogen) atoms. The highest BCUT2D eigenvalue weighted by Gasteiger charge is 2.35. The molecule has 0 bridgehead atoms. The molecule has 0 aromatic heterocycles. The second-order valence-corrected chi connectivity index (χ2v) is 4.52. The second-order valence-electron chi connectivity index (χ2n) is 4.52. The van der Waals surface area contributed by atoms with Crippen molar-refractivity contribution in [1.29, 1.82) is 0 Å². The van der Waals surface area contributed by atoms with Crippen molar-refractivity contribution in [2.45, 2.75) is 64.6 Å². The fourth-order valence-corrected chi connectivity index (χ4v) is 1.91. The summed E-state index contributed by atoms with van der Waals surface area (Å²) < 4.78 is 6.01. The molecule has 0 aliphatic carbocycles. The van der Waals surface area contributed by atoms with Gasteiger partial charge in [-0.25, -0.2) is 0 Å². The van der Waals surface area contributed by atoms with E-state index in [1.807, 2.05) is 0 Å². The monoisotopic (exact) mass is 156 g/mol. The van der Waals surface area contributed by atoms with Crippen molar-refractivity contribution >= 4 is 0 Å². The zero-order chi connectivity index (χ0) is 8.54. The third-order valence-electron chi connectivity index (χ3n) is 2.76. The van der Waals surface area contributed by atoms with Gasteiger partial charge >= 0.3 is 0 Å². The molecule has 1 fully saturated rings. The van der Waals surface area contributed by atoms with Crippen molar-refractivity contribution in [3.8, 4) is 0 Å². The molecule has 0 unspecified atom stereocenters. The Labute approximate surface area is 70.1 Å². The first-order valence-corrected chi connectivity index (χ1v) is 4.68. The van der Waals surface area contributed by atoms with Crippen LogP contribution in [0.5, 0.6) is 0 Å². The zero-order valence-corrected chi connectivity index (χ0v) is 8.24. The summed E-state index contributed by atoms with van der Waals surface area (Å²) in [6, 6.07) is 0. The highest BCUT2D eigenvalue weighted by atomic mass is 16.5. The van der Waals surface area contributed by atoms with Gasteiger partial charge in [-0.1, -0.05) is 6.92 Å². The Morgan fingerprint density at radius 3 is 2.18 bits per heavy atom. The SMILES string of the molecule is CC[C@@]1(C)CCCC(C)(C)O1. The van der Waals surface area contributed by atoms with Crippen LogP contribution >= 0.6 is 0 Å². The smallest absolute Gasteiger partial charge is 0.0659 e. The number of ether oxygens (including phenoxy) is 1. The van der Waals surface area contributed by atoms with Crippen LogP contribution < -0.4 is 0 Å². The van der Waals surface area contributed by atoms with Crippen LogP contribution in [0.4, 0.5) is 0 Å². The lowest BCUT2D eigenvalue weighted by Gasteiger charge is -2.43. The normalized spacial score (nSPS) is 37.1. The summed E-state index contributed by atoms with van der Waals surface area (Å²) in [5.74, 6) is 0. The summed E-state index contributed by atoms with van der Waals surface area (Å²) >= 11 is 0. The molecule has 1 rings (SSSR count). The summed E-state index contributed by atoms with van der Waals surface area (Å²) in [4.78, 5) is 0. The molecule has 1 aliphatic heterocycles. The largest absolute Gasteiger partial charge is 0.369 e. The summed E-state index contributed by atoms with van der Waals surface area (Å²) in [6.07, 6.45) is 4.89. The first-order chi connectivity index (χ1) is 4.97. The number of rotatable bonds is 1. The van der Waals surface area contributed by atoms with Crippen molar-refractivity contribution in [1.82, 2.24) is 0 Å². The fraction of sp³-hybridized carbons (Fsp3) is 1.00. The van der Waals surface area contributed by atoms with Gasteiger partial charge in [0.25, 0.3) is 0 Å². The Kier molecular flexibility index (Phi) is 2.29. The van der Waals surface area contributed by atoms with Crippen LogP contribution in [0, 0.1) is 0 Å². The van der Waals surface area contributed by atoms with Crippen LogP contribution in [-0.4, -0.2) is 11.2 Å². The lowest BCUT2D eigenvalue weighted by Crippen LogP contribution is -2.42. The maximum atomic E-state index is 6.01. The Morgan fingerprint density at radius 1 is 1.18 bits per heavy atom. The molecule has 0 N–H and O–H groups in total. The van der Waals surface area contributed by atoms with E-state index >= 15 is 0 Å². The Hall–Kier alpha value is -0.0400. The standard InChI is InChI=1S/C10H20O/c1-5-10(4)8-6-7-9(2,3)11-10/h5-8H2,1-4H3/t10-/m0/s1. The molecule has 66 valence electrons. The van der Waals surface area contributed by atoms with Gasteiger partial charge in [-0.2, -0.15) is 0 Å². The first kappa shape index (κ1) is 9.05. The van der Waals surface area contributed by atoms with Crippen LogP contribution in [0.25, 0.3) is 0 Å². The number of hydrogen-bond acceptors (Lipinski definition) is 1. The quantitative estimate of drug-likeness (QED) is 0.566. The number of hydrogen-bond donors (Lipinski definition) is 0. The molecule has 1 heteroatoms. The topological polar surface area (TPSA) is 9.23 Å². The van der Waals surface area contributed by atoms with E-state index in [0.717, 1.165) is 6.42 Å². The van der Waals surface area contributed by atoms with Gasteiger partial charge in [0.2, 0.25) is 0 Å². The van der Waals surface area contributed by atoms with E-state index < -0.39 is 0 Å². The lowest BCUT2D eigenvalue weighted by molar-refractivity contribution is -0.165. The fourth-order valence-electron chi connectivity index (χ4n) is 1.91. The predicted octanol–water partition coefficient (Wildman–Crippen LogP) is 3.13. The van der Waals surface area contributed by atoms with Crippen LogP contribution in [0.2, 0.25) is 0 Å². The molecule has 0 amide bonds. The summed E-state index contributed by atoms with van der Waals surface area (Å²) in [7, 11) is 0. The highest BCUT2D eigenvalue weighted by Crippen LogP contribution is 2.36. The average molecular weight is 156 g/mol. The molecule has 1 heterocycles. The van der Waals surface area contributed by atoms with Crippen molar-refractivity contribution in [3.05, 3.63) is 0 Å². The van der Waals surface area contributed by atoms with E-state index in [9.17, 15) is 0 Å². The van der Waals surface area contributed by atoms with Gasteiger partial charge in [-0.3, -0.25) is 0 Å². The van der Waals surface area contributed by atoms with Crippen molar-refractivity contribution < 1.29 is 4.74 Å². The molecule has 1 nitrogen and oxygen atoms in total. The van der Waals surface area contributed by atoms with Crippen LogP contribution in [0.3, 0.4) is 0 Å². The lowest BCUT2D eigenvalue weighted by atomic mass is 9.86. The maximum Gasteiger partial charge on any atom is 0.0659 e. The molecule has 1 aliphatic rings. The Bertz CT molecular complexity index is 140. The highest BCUT2D eigenvalue weighted by molar-refractivity contribution is 4.85. The molecule has 0 saturated carbocycles. The molecular weight excluding hydrogens is 136 g/mol. The van der Waals surface area contributed by atoms with Gasteiger partial charge < -0.3 is 4.74 Å². The van der Waals surface area contributed by atoms with Gasteiger partial charge in [0.15, 0.2) is 0 Å². The molecule has 0 radical (unpaired) electrons. The van der Waals surface area contributed by atoms with Gasteiger partial charge in [-0.15, -0.1) is 0 Å². The third-order valence-corrected chi connectivity index (χ3v) is 2.76. The predicted molar refractivity (Wildman–Crippen MR) is 47.7 cm³/mol. The van der Waals surface area contributed by atoms with Crippen LogP contribution in [-0.2, 0) is 4.74 Å². The molecule has 0 aromatic carbocycles. The van der Waals surface area contributed by atoms with Crippen molar-refractivity contribution in [3.63, 3.8) is 0 Å². The Morgan fingerprint density at radius 2 is 1.82 bits per heavy atom. The van der Waals surface area contributed by atoms with E-state index in [-0.39, 0.29) is 11.2 Å². The maximum absolute atomic E-state index is 6.01.